The Hall–Kier alpha value is -2.83. The largest absolute Gasteiger partial charge is 0.416 e. The molecule has 0 radical (unpaired) electrons. The number of carbonyl (C=O) groups excluding carboxylic acids is 2. The lowest BCUT2D eigenvalue weighted by atomic mass is 10.1. The van der Waals surface area contributed by atoms with Gasteiger partial charge in [-0.1, -0.05) is 12.1 Å². The number of hydrogen-bond acceptors (Lipinski definition) is 2. The Morgan fingerprint density at radius 2 is 1.58 bits per heavy atom. The van der Waals surface area contributed by atoms with Crippen LogP contribution in [-0.4, -0.2) is 25.4 Å². The summed E-state index contributed by atoms with van der Waals surface area (Å²) in [6, 6.07) is 10.8. The number of anilines is 2. The first-order valence-electron chi connectivity index (χ1n) is 7.14. The minimum atomic E-state index is -4.46. The molecule has 7 heteroatoms. The zero-order valence-corrected chi connectivity index (χ0v) is 12.7. The average Bonchev–Trinajstić information content (AvgIpc) is 2.57. The van der Waals surface area contributed by atoms with Crippen LogP contribution in [-0.2, 0) is 11.0 Å². The van der Waals surface area contributed by atoms with Gasteiger partial charge >= 0.3 is 6.18 Å². The van der Waals surface area contributed by atoms with Crippen molar-refractivity contribution in [2.75, 3.05) is 23.4 Å². The fraction of sp³-hybridized carbons (Fsp3) is 0.176. The quantitative estimate of drug-likeness (QED) is 0.803. The number of amides is 2. The van der Waals surface area contributed by atoms with E-state index in [1.165, 1.54) is 9.80 Å². The first-order valence-corrected chi connectivity index (χ1v) is 7.14. The number of likely N-dealkylation sites (N-methyl/N-ethyl adjacent to an activating group) is 1. The Bertz CT molecular complexity index is 800. The molecule has 0 aromatic heterocycles. The van der Waals surface area contributed by atoms with Gasteiger partial charge in [-0.25, -0.2) is 0 Å². The zero-order valence-electron chi connectivity index (χ0n) is 12.7. The number of rotatable bonds is 1. The van der Waals surface area contributed by atoms with E-state index in [2.05, 4.69) is 0 Å². The highest BCUT2D eigenvalue weighted by molar-refractivity contribution is 6.15. The SMILES string of the molecule is CN1C(=O)CN(C(=O)c2ccc(C(F)(F)F)cc2)c2ccccc21. The van der Waals surface area contributed by atoms with Crippen LogP contribution in [0, 0.1) is 0 Å². The third-order valence-corrected chi connectivity index (χ3v) is 3.91. The van der Waals surface area contributed by atoms with E-state index in [0.717, 1.165) is 24.3 Å². The topological polar surface area (TPSA) is 40.6 Å². The number of para-hydroxylation sites is 2. The number of fused-ring (bicyclic) bond motifs is 1. The van der Waals surface area contributed by atoms with Gasteiger partial charge in [0.15, 0.2) is 0 Å². The van der Waals surface area contributed by atoms with E-state index >= 15 is 0 Å². The molecule has 0 aliphatic carbocycles. The van der Waals surface area contributed by atoms with Gasteiger partial charge in [-0.2, -0.15) is 13.2 Å². The summed E-state index contributed by atoms with van der Waals surface area (Å²) in [4.78, 5) is 27.4. The van der Waals surface area contributed by atoms with Crippen molar-refractivity contribution in [1.82, 2.24) is 0 Å². The molecule has 0 atom stereocenters. The van der Waals surface area contributed by atoms with Crippen LogP contribution in [0.1, 0.15) is 15.9 Å². The molecule has 24 heavy (non-hydrogen) atoms. The third-order valence-electron chi connectivity index (χ3n) is 3.91. The van der Waals surface area contributed by atoms with E-state index in [-0.39, 0.29) is 18.0 Å². The van der Waals surface area contributed by atoms with Gasteiger partial charge in [0.2, 0.25) is 5.91 Å². The average molecular weight is 334 g/mol. The predicted molar refractivity (Wildman–Crippen MR) is 83.0 cm³/mol. The van der Waals surface area contributed by atoms with Crippen molar-refractivity contribution < 1.29 is 22.8 Å². The highest BCUT2D eigenvalue weighted by atomic mass is 19.4. The van der Waals surface area contributed by atoms with E-state index in [1.807, 2.05) is 0 Å². The minimum Gasteiger partial charge on any atom is -0.312 e. The Kier molecular flexibility index (Phi) is 3.79. The molecule has 0 unspecified atom stereocenters. The van der Waals surface area contributed by atoms with Crippen molar-refractivity contribution in [3.05, 3.63) is 59.7 Å². The van der Waals surface area contributed by atoms with Crippen molar-refractivity contribution in [3.63, 3.8) is 0 Å². The second-order valence-electron chi connectivity index (χ2n) is 5.41. The van der Waals surface area contributed by atoms with Gasteiger partial charge < -0.3 is 4.90 Å². The Morgan fingerprint density at radius 1 is 1.00 bits per heavy atom. The van der Waals surface area contributed by atoms with E-state index in [9.17, 15) is 22.8 Å². The molecule has 1 heterocycles. The van der Waals surface area contributed by atoms with Crippen LogP contribution in [0.3, 0.4) is 0 Å². The fourth-order valence-corrected chi connectivity index (χ4v) is 2.58. The number of carbonyl (C=O) groups is 2. The molecule has 2 aromatic carbocycles. The van der Waals surface area contributed by atoms with Gasteiger partial charge in [0, 0.05) is 12.6 Å². The van der Waals surface area contributed by atoms with E-state index in [1.54, 1.807) is 31.3 Å². The monoisotopic (exact) mass is 334 g/mol. The summed E-state index contributed by atoms with van der Waals surface area (Å²) < 4.78 is 37.9. The molecule has 0 saturated carbocycles. The first kappa shape index (κ1) is 16.0. The summed E-state index contributed by atoms with van der Waals surface area (Å²) in [5.41, 5.74) is 0.391. The molecule has 1 aliphatic heterocycles. The van der Waals surface area contributed by atoms with Gasteiger partial charge in [0.1, 0.15) is 6.54 Å². The number of halogens is 3. The molecule has 0 N–H and O–H groups in total. The summed E-state index contributed by atoms with van der Waals surface area (Å²) in [5.74, 6) is -0.786. The fourth-order valence-electron chi connectivity index (χ4n) is 2.58. The predicted octanol–water partition coefficient (Wildman–Crippen LogP) is 3.33. The Morgan fingerprint density at radius 3 is 2.17 bits per heavy atom. The maximum atomic E-state index is 12.6. The molecule has 2 amide bonds. The van der Waals surface area contributed by atoms with Crippen molar-refractivity contribution >= 4 is 23.2 Å². The Balaban J connectivity index is 1.96. The molecule has 0 saturated heterocycles. The smallest absolute Gasteiger partial charge is 0.312 e. The summed E-state index contributed by atoms with van der Waals surface area (Å²) in [7, 11) is 1.61. The molecule has 124 valence electrons. The van der Waals surface area contributed by atoms with Crippen molar-refractivity contribution in [2.45, 2.75) is 6.18 Å². The van der Waals surface area contributed by atoms with Gasteiger partial charge in [-0.3, -0.25) is 14.5 Å². The zero-order chi connectivity index (χ0) is 17.5. The van der Waals surface area contributed by atoms with Gasteiger partial charge in [-0.05, 0) is 36.4 Å². The highest BCUT2D eigenvalue weighted by Crippen LogP contribution is 2.34. The summed E-state index contributed by atoms with van der Waals surface area (Å²) >= 11 is 0. The van der Waals surface area contributed by atoms with Crippen LogP contribution in [0.15, 0.2) is 48.5 Å². The third kappa shape index (κ3) is 2.73. The number of nitrogens with zero attached hydrogens (tertiary/aromatic N) is 2. The molecule has 0 bridgehead atoms. The number of benzene rings is 2. The van der Waals surface area contributed by atoms with Crippen LogP contribution in [0.2, 0.25) is 0 Å². The summed E-state index contributed by atoms with van der Waals surface area (Å²) in [5, 5.41) is 0. The Labute approximate surface area is 136 Å². The van der Waals surface area contributed by atoms with Crippen LogP contribution < -0.4 is 9.80 Å². The standard InChI is InChI=1S/C17H13F3N2O2/c1-21-13-4-2-3-5-14(13)22(10-15(21)23)16(24)11-6-8-12(9-7-11)17(18,19)20/h2-9H,10H2,1H3. The summed E-state index contributed by atoms with van der Waals surface area (Å²) in [6.45, 7) is -0.159. The van der Waals surface area contributed by atoms with Crippen LogP contribution in [0.5, 0.6) is 0 Å². The number of hydrogen-bond donors (Lipinski definition) is 0. The second kappa shape index (κ2) is 5.67. The molecule has 2 aromatic rings. The highest BCUT2D eigenvalue weighted by Gasteiger charge is 2.33. The molecule has 0 spiro atoms. The van der Waals surface area contributed by atoms with E-state index in [0.29, 0.717) is 11.4 Å². The van der Waals surface area contributed by atoms with Crippen molar-refractivity contribution in [3.8, 4) is 0 Å². The lowest BCUT2D eigenvalue weighted by molar-refractivity contribution is -0.137. The van der Waals surface area contributed by atoms with Crippen molar-refractivity contribution in [1.29, 1.82) is 0 Å². The second-order valence-corrected chi connectivity index (χ2v) is 5.41. The van der Waals surface area contributed by atoms with E-state index < -0.39 is 17.6 Å². The lowest BCUT2D eigenvalue weighted by Crippen LogP contribution is -2.46. The molecule has 1 aliphatic rings. The van der Waals surface area contributed by atoms with Crippen LogP contribution in [0.25, 0.3) is 0 Å². The minimum absolute atomic E-state index is 0.0927. The van der Waals surface area contributed by atoms with Gasteiger partial charge in [-0.15, -0.1) is 0 Å². The normalized spacial score (nSPS) is 14.6. The molecule has 4 nitrogen and oxygen atoms in total. The van der Waals surface area contributed by atoms with Gasteiger partial charge in [0.05, 0.1) is 16.9 Å². The van der Waals surface area contributed by atoms with E-state index in [4.69, 9.17) is 0 Å². The first-order chi connectivity index (χ1) is 11.3. The number of alkyl halides is 3. The van der Waals surface area contributed by atoms with Crippen molar-refractivity contribution in [2.24, 2.45) is 0 Å². The maximum Gasteiger partial charge on any atom is 0.416 e. The van der Waals surface area contributed by atoms with Crippen LogP contribution >= 0.6 is 0 Å². The molecular weight excluding hydrogens is 321 g/mol. The molecular formula is C17H13F3N2O2. The maximum absolute atomic E-state index is 12.6. The van der Waals surface area contributed by atoms with Gasteiger partial charge in [0.25, 0.3) is 5.91 Å². The lowest BCUT2D eigenvalue weighted by Gasteiger charge is -2.34. The summed E-state index contributed by atoms with van der Waals surface area (Å²) in [6.07, 6.45) is -4.46. The molecule has 0 fully saturated rings. The van der Waals surface area contributed by atoms with Crippen LogP contribution in [0.4, 0.5) is 24.5 Å². The molecule has 3 rings (SSSR count).